The second kappa shape index (κ2) is 10.2. The van der Waals surface area contributed by atoms with Gasteiger partial charge in [-0.15, -0.1) is 0 Å². The highest BCUT2D eigenvalue weighted by Gasteiger charge is 2.46. The third-order valence-corrected chi connectivity index (χ3v) is 10.0. The first-order valence-electron chi connectivity index (χ1n) is 13.2. The van der Waals surface area contributed by atoms with Crippen LogP contribution in [0.2, 0.25) is 0 Å². The van der Waals surface area contributed by atoms with E-state index in [0.29, 0.717) is 18.8 Å². The molecule has 38 heavy (non-hydrogen) atoms. The van der Waals surface area contributed by atoms with Crippen LogP contribution in [0.5, 0.6) is 0 Å². The zero-order valence-electron chi connectivity index (χ0n) is 22.8. The van der Waals surface area contributed by atoms with E-state index in [0.717, 1.165) is 24.2 Å². The molecule has 1 amide bonds. The highest BCUT2D eigenvalue weighted by atomic mass is 32.2. The van der Waals surface area contributed by atoms with Crippen LogP contribution in [0.1, 0.15) is 39.6 Å². The smallest absolute Gasteiger partial charge is 0.248 e. The molecule has 2 atom stereocenters. The molecule has 5 rings (SSSR count). The molecule has 202 valence electrons. The summed E-state index contributed by atoms with van der Waals surface area (Å²) in [6.45, 7) is 12.6. The van der Waals surface area contributed by atoms with Gasteiger partial charge in [0.15, 0.2) is 5.76 Å². The molecule has 0 unspecified atom stereocenters. The van der Waals surface area contributed by atoms with E-state index in [9.17, 15) is 13.2 Å². The maximum Gasteiger partial charge on any atom is 0.248 e. The van der Waals surface area contributed by atoms with E-state index < -0.39 is 15.9 Å². The van der Waals surface area contributed by atoms with Gasteiger partial charge in [0.05, 0.1) is 5.92 Å². The first-order valence-corrected chi connectivity index (χ1v) is 14.6. The number of carbonyl (C=O) groups excluding carboxylic acids is 1. The summed E-state index contributed by atoms with van der Waals surface area (Å²) in [4.78, 5) is 18.3. The Morgan fingerprint density at radius 1 is 0.921 bits per heavy atom. The van der Waals surface area contributed by atoms with E-state index in [2.05, 4.69) is 48.2 Å². The summed E-state index contributed by atoms with van der Waals surface area (Å²) in [7, 11) is -3.86. The van der Waals surface area contributed by atoms with Crippen molar-refractivity contribution in [2.45, 2.75) is 45.4 Å². The lowest BCUT2D eigenvalue weighted by Crippen LogP contribution is -2.51. The van der Waals surface area contributed by atoms with Crippen molar-refractivity contribution in [2.75, 3.05) is 44.2 Å². The first-order chi connectivity index (χ1) is 18.1. The van der Waals surface area contributed by atoms with E-state index in [4.69, 9.17) is 4.52 Å². The van der Waals surface area contributed by atoms with Crippen molar-refractivity contribution in [2.24, 2.45) is 5.92 Å². The monoisotopic (exact) mass is 536 g/mol. The molecule has 8 nitrogen and oxygen atoms in total. The lowest BCUT2D eigenvalue weighted by molar-refractivity contribution is -0.135. The van der Waals surface area contributed by atoms with Crippen LogP contribution in [-0.4, -0.2) is 68.0 Å². The van der Waals surface area contributed by atoms with Crippen molar-refractivity contribution in [3.8, 4) is 0 Å². The van der Waals surface area contributed by atoms with Gasteiger partial charge in [-0.05, 0) is 57.4 Å². The van der Waals surface area contributed by atoms with Crippen LogP contribution in [0.4, 0.5) is 5.69 Å². The number of sulfonamides is 1. The van der Waals surface area contributed by atoms with Crippen molar-refractivity contribution in [1.82, 2.24) is 14.4 Å². The minimum absolute atomic E-state index is 0.0218. The minimum Gasteiger partial charge on any atom is -0.368 e. The van der Waals surface area contributed by atoms with Crippen molar-refractivity contribution in [3.63, 3.8) is 0 Å². The summed E-state index contributed by atoms with van der Waals surface area (Å²) < 4.78 is 34.0. The van der Waals surface area contributed by atoms with Gasteiger partial charge in [-0.25, -0.2) is 8.42 Å². The van der Waals surface area contributed by atoms with Crippen LogP contribution in [0.25, 0.3) is 0 Å². The Morgan fingerprint density at radius 3 is 2.29 bits per heavy atom. The molecule has 3 aromatic rings. The molecular weight excluding hydrogens is 500 g/mol. The van der Waals surface area contributed by atoms with Gasteiger partial charge in [0, 0.05) is 50.9 Å². The van der Waals surface area contributed by atoms with Crippen LogP contribution in [0.3, 0.4) is 0 Å². The molecule has 9 heteroatoms. The zero-order valence-corrected chi connectivity index (χ0v) is 23.6. The SMILES string of the molecule is Cc1cccc([C@@H]2CN(S(=O)(=O)c3c(C)noc3C)C[C@H]2C(=O)N2CCN(c3cc(C)ccc3C)CC2)c1. The van der Waals surface area contributed by atoms with Crippen LogP contribution in [0, 0.1) is 40.5 Å². The van der Waals surface area contributed by atoms with Crippen molar-refractivity contribution in [3.05, 3.63) is 76.2 Å². The van der Waals surface area contributed by atoms with Gasteiger partial charge in [-0.3, -0.25) is 4.79 Å². The molecule has 2 aromatic carbocycles. The third kappa shape index (κ3) is 4.85. The Balaban J connectivity index is 1.39. The van der Waals surface area contributed by atoms with E-state index >= 15 is 0 Å². The molecule has 1 aromatic heterocycles. The average Bonchev–Trinajstić information content (AvgIpc) is 3.49. The summed E-state index contributed by atoms with van der Waals surface area (Å²) >= 11 is 0. The molecule has 0 N–H and O–H groups in total. The maximum absolute atomic E-state index is 14.0. The topological polar surface area (TPSA) is 87.0 Å². The predicted molar refractivity (Wildman–Crippen MR) is 147 cm³/mol. The Hall–Kier alpha value is -3.17. The zero-order chi connectivity index (χ0) is 27.2. The van der Waals surface area contributed by atoms with Crippen molar-refractivity contribution >= 4 is 21.6 Å². The number of nitrogens with zero attached hydrogens (tertiary/aromatic N) is 4. The van der Waals surface area contributed by atoms with Gasteiger partial charge in [0.2, 0.25) is 15.9 Å². The first kappa shape index (κ1) is 26.4. The minimum atomic E-state index is -3.86. The molecule has 0 aliphatic carbocycles. The van der Waals surface area contributed by atoms with Crippen LogP contribution >= 0.6 is 0 Å². The highest BCUT2D eigenvalue weighted by Crippen LogP contribution is 2.38. The van der Waals surface area contributed by atoms with E-state index in [1.165, 1.54) is 21.1 Å². The molecule has 0 spiro atoms. The summed E-state index contributed by atoms with van der Waals surface area (Å²) in [6.07, 6.45) is 0. The molecule has 0 bridgehead atoms. The van der Waals surface area contributed by atoms with Crippen LogP contribution in [-0.2, 0) is 14.8 Å². The Morgan fingerprint density at radius 2 is 1.63 bits per heavy atom. The fraction of sp³-hybridized carbons (Fsp3) is 0.448. The van der Waals surface area contributed by atoms with E-state index in [1.807, 2.05) is 30.0 Å². The fourth-order valence-corrected chi connectivity index (χ4v) is 7.67. The second-order valence-electron chi connectivity index (χ2n) is 10.7. The maximum atomic E-state index is 14.0. The number of anilines is 1. The van der Waals surface area contributed by atoms with Crippen LogP contribution < -0.4 is 4.90 Å². The summed E-state index contributed by atoms with van der Waals surface area (Å²) in [5.74, 6) is -0.394. The van der Waals surface area contributed by atoms with Crippen molar-refractivity contribution < 1.29 is 17.7 Å². The summed E-state index contributed by atoms with van der Waals surface area (Å²) in [6, 6.07) is 14.5. The number of benzene rings is 2. The number of aromatic nitrogens is 1. The number of aryl methyl sites for hydroxylation is 5. The third-order valence-electron chi connectivity index (χ3n) is 7.94. The summed E-state index contributed by atoms with van der Waals surface area (Å²) in [5.41, 5.74) is 6.08. The largest absolute Gasteiger partial charge is 0.368 e. The molecule has 3 heterocycles. The van der Waals surface area contributed by atoms with E-state index in [1.54, 1.807) is 13.8 Å². The van der Waals surface area contributed by atoms with Crippen molar-refractivity contribution in [1.29, 1.82) is 0 Å². The molecule has 2 aliphatic rings. The quantitative estimate of drug-likeness (QED) is 0.491. The van der Waals surface area contributed by atoms with Gasteiger partial charge >= 0.3 is 0 Å². The molecule has 0 radical (unpaired) electrons. The van der Waals surface area contributed by atoms with Gasteiger partial charge < -0.3 is 14.3 Å². The predicted octanol–water partition coefficient (Wildman–Crippen LogP) is 3.97. The average molecular weight is 537 g/mol. The highest BCUT2D eigenvalue weighted by molar-refractivity contribution is 7.89. The van der Waals surface area contributed by atoms with E-state index in [-0.39, 0.29) is 35.6 Å². The van der Waals surface area contributed by atoms with Gasteiger partial charge in [0.25, 0.3) is 0 Å². The fourth-order valence-electron chi connectivity index (χ4n) is 5.89. The summed E-state index contributed by atoms with van der Waals surface area (Å²) in [5, 5.41) is 3.85. The Bertz CT molecular complexity index is 1440. The molecule has 2 fully saturated rings. The molecule has 2 saturated heterocycles. The number of hydrogen-bond acceptors (Lipinski definition) is 6. The van der Waals surface area contributed by atoms with Crippen LogP contribution in [0.15, 0.2) is 51.9 Å². The Labute approximate surface area is 225 Å². The number of rotatable bonds is 5. The van der Waals surface area contributed by atoms with Gasteiger partial charge in [-0.2, -0.15) is 4.31 Å². The normalized spacial score (nSPS) is 20.8. The lowest BCUT2D eigenvalue weighted by Gasteiger charge is -2.38. The standard InChI is InChI=1S/C29H36N4O4S/c1-19-7-6-8-24(15-19)25-17-33(38(35,36)28-22(4)30-37-23(28)5)18-26(25)29(34)32-13-11-31(12-14-32)27-16-20(2)9-10-21(27)3/h6-10,15-16,25-26H,11-14,17-18H2,1-5H3/t25-,26+/m0/s1. The Kier molecular flexibility index (Phi) is 7.09. The molecule has 0 saturated carbocycles. The lowest BCUT2D eigenvalue weighted by atomic mass is 9.87. The van der Waals surface area contributed by atoms with Gasteiger partial charge in [0.1, 0.15) is 10.6 Å². The molecule has 2 aliphatic heterocycles. The number of hydrogen-bond donors (Lipinski definition) is 0. The second-order valence-corrected chi connectivity index (χ2v) is 12.6. The van der Waals surface area contributed by atoms with Gasteiger partial charge in [-0.1, -0.05) is 47.1 Å². The molecular formula is C29H36N4O4S. The number of carbonyl (C=O) groups is 1. The number of amides is 1. The number of piperazine rings is 1.